The van der Waals surface area contributed by atoms with Gasteiger partial charge in [-0.25, -0.2) is 4.39 Å². The van der Waals surface area contributed by atoms with E-state index in [4.69, 9.17) is 22.1 Å². The molecule has 0 bridgehead atoms. The fraction of sp³-hybridized carbons (Fsp3) is 0.0769. The molecular formula is C13H10BrClFNO. The minimum atomic E-state index is -0.346. The van der Waals surface area contributed by atoms with E-state index in [0.29, 0.717) is 22.0 Å². The molecule has 0 heterocycles. The Morgan fingerprint density at radius 3 is 2.72 bits per heavy atom. The van der Waals surface area contributed by atoms with Gasteiger partial charge < -0.3 is 10.5 Å². The van der Waals surface area contributed by atoms with Gasteiger partial charge >= 0.3 is 0 Å². The first-order valence-corrected chi connectivity index (χ1v) is 6.35. The van der Waals surface area contributed by atoms with Crippen LogP contribution in [0.25, 0.3) is 0 Å². The molecular weight excluding hydrogens is 321 g/mol. The minimum absolute atomic E-state index is 0.169. The molecule has 0 saturated carbocycles. The molecule has 0 aliphatic heterocycles. The zero-order valence-electron chi connectivity index (χ0n) is 9.29. The Balaban J connectivity index is 2.13. The van der Waals surface area contributed by atoms with Crippen molar-refractivity contribution in [1.82, 2.24) is 0 Å². The molecule has 0 atom stereocenters. The van der Waals surface area contributed by atoms with Crippen molar-refractivity contribution in [3.63, 3.8) is 0 Å². The second-order valence-electron chi connectivity index (χ2n) is 3.71. The summed E-state index contributed by atoms with van der Waals surface area (Å²) in [6.07, 6.45) is 0. The Hall–Kier alpha value is -1.26. The van der Waals surface area contributed by atoms with Gasteiger partial charge in [0.25, 0.3) is 0 Å². The van der Waals surface area contributed by atoms with Crippen molar-refractivity contribution in [1.29, 1.82) is 0 Å². The third-order valence-electron chi connectivity index (χ3n) is 2.36. The van der Waals surface area contributed by atoms with Crippen LogP contribution in [0.5, 0.6) is 5.75 Å². The van der Waals surface area contributed by atoms with Gasteiger partial charge in [-0.3, -0.25) is 0 Å². The van der Waals surface area contributed by atoms with E-state index in [2.05, 4.69) is 15.9 Å². The number of benzene rings is 2. The summed E-state index contributed by atoms with van der Waals surface area (Å²) in [5, 5.41) is 0.465. The lowest BCUT2D eigenvalue weighted by Crippen LogP contribution is -1.99. The minimum Gasteiger partial charge on any atom is -0.487 e. The predicted octanol–water partition coefficient (Wildman–Crippen LogP) is 4.40. The molecule has 94 valence electrons. The average molecular weight is 331 g/mol. The number of hydrogen-bond donors (Lipinski definition) is 1. The van der Waals surface area contributed by atoms with E-state index in [1.165, 1.54) is 18.2 Å². The molecule has 0 unspecified atom stereocenters. The zero-order valence-corrected chi connectivity index (χ0v) is 11.6. The van der Waals surface area contributed by atoms with Crippen molar-refractivity contribution >= 4 is 33.2 Å². The lowest BCUT2D eigenvalue weighted by molar-refractivity contribution is 0.307. The van der Waals surface area contributed by atoms with Crippen LogP contribution < -0.4 is 10.5 Å². The van der Waals surface area contributed by atoms with Crippen LogP contribution in [0.15, 0.2) is 40.9 Å². The van der Waals surface area contributed by atoms with Crippen molar-refractivity contribution in [3.05, 3.63) is 57.3 Å². The van der Waals surface area contributed by atoms with E-state index >= 15 is 0 Å². The highest BCUT2D eigenvalue weighted by atomic mass is 79.9. The summed E-state index contributed by atoms with van der Waals surface area (Å²) in [4.78, 5) is 0. The number of hydrogen-bond acceptors (Lipinski definition) is 2. The number of nitrogen functional groups attached to an aromatic ring is 1. The standard InChI is InChI=1S/C13H10BrClFNO/c14-9-1-4-13(12(17)6-9)18-7-8-5-10(16)2-3-11(8)15/h1-6H,7,17H2. The lowest BCUT2D eigenvalue weighted by atomic mass is 10.2. The Kier molecular flexibility index (Phi) is 4.09. The van der Waals surface area contributed by atoms with Crippen LogP contribution in [0.3, 0.4) is 0 Å². The van der Waals surface area contributed by atoms with E-state index in [-0.39, 0.29) is 12.4 Å². The summed E-state index contributed by atoms with van der Waals surface area (Å²) in [5.41, 5.74) is 6.88. The molecule has 0 amide bonds. The van der Waals surface area contributed by atoms with Gasteiger partial charge in [0, 0.05) is 15.1 Å². The van der Waals surface area contributed by atoms with E-state index in [0.717, 1.165) is 4.47 Å². The second-order valence-corrected chi connectivity index (χ2v) is 5.03. The topological polar surface area (TPSA) is 35.2 Å². The highest BCUT2D eigenvalue weighted by Crippen LogP contribution is 2.27. The van der Waals surface area contributed by atoms with Crippen molar-refractivity contribution < 1.29 is 9.13 Å². The maximum atomic E-state index is 13.1. The molecule has 2 nitrogen and oxygen atoms in total. The number of ether oxygens (including phenoxy) is 1. The second kappa shape index (κ2) is 5.59. The van der Waals surface area contributed by atoms with Gasteiger partial charge in [0.2, 0.25) is 0 Å². The van der Waals surface area contributed by atoms with Gasteiger partial charge in [-0.05, 0) is 36.4 Å². The van der Waals surface area contributed by atoms with Crippen LogP contribution in [0.2, 0.25) is 5.02 Å². The van der Waals surface area contributed by atoms with Crippen LogP contribution >= 0.6 is 27.5 Å². The van der Waals surface area contributed by atoms with E-state index in [1.54, 1.807) is 12.1 Å². The summed E-state index contributed by atoms with van der Waals surface area (Å²) in [7, 11) is 0. The maximum absolute atomic E-state index is 13.1. The first-order chi connectivity index (χ1) is 8.56. The van der Waals surface area contributed by atoms with Gasteiger partial charge in [0.05, 0.1) is 5.69 Å². The summed E-state index contributed by atoms with van der Waals surface area (Å²) in [5.74, 6) is 0.195. The van der Waals surface area contributed by atoms with Gasteiger partial charge in [-0.2, -0.15) is 0 Å². The third kappa shape index (κ3) is 3.15. The summed E-state index contributed by atoms with van der Waals surface area (Å²) < 4.78 is 19.4. The number of nitrogens with two attached hydrogens (primary N) is 1. The van der Waals surface area contributed by atoms with Gasteiger partial charge in [0.1, 0.15) is 18.2 Å². The average Bonchev–Trinajstić information content (AvgIpc) is 2.32. The smallest absolute Gasteiger partial charge is 0.142 e. The molecule has 5 heteroatoms. The fourth-order valence-corrected chi connectivity index (χ4v) is 2.01. The summed E-state index contributed by atoms with van der Waals surface area (Å²) in [6, 6.07) is 9.45. The lowest BCUT2D eigenvalue weighted by Gasteiger charge is -2.10. The highest BCUT2D eigenvalue weighted by molar-refractivity contribution is 9.10. The van der Waals surface area contributed by atoms with Gasteiger partial charge in [-0.15, -0.1) is 0 Å². The van der Waals surface area contributed by atoms with Gasteiger partial charge in [-0.1, -0.05) is 27.5 Å². The SMILES string of the molecule is Nc1cc(Br)ccc1OCc1cc(F)ccc1Cl. The van der Waals surface area contributed by atoms with Crippen molar-refractivity contribution in [2.24, 2.45) is 0 Å². The molecule has 0 aliphatic carbocycles. The maximum Gasteiger partial charge on any atom is 0.142 e. The fourth-order valence-electron chi connectivity index (χ4n) is 1.46. The van der Waals surface area contributed by atoms with Crippen LogP contribution in [0.4, 0.5) is 10.1 Å². The molecule has 0 spiro atoms. The van der Waals surface area contributed by atoms with Crippen LogP contribution in [0.1, 0.15) is 5.56 Å². The number of anilines is 1. The molecule has 0 radical (unpaired) electrons. The quantitative estimate of drug-likeness (QED) is 0.846. The zero-order chi connectivity index (χ0) is 13.1. The Labute approximate surface area is 118 Å². The molecule has 0 saturated heterocycles. The summed E-state index contributed by atoms with van der Waals surface area (Å²) >= 11 is 9.25. The normalized spacial score (nSPS) is 10.4. The Morgan fingerprint density at radius 2 is 2.00 bits per heavy atom. The number of halogens is 3. The first-order valence-electron chi connectivity index (χ1n) is 5.18. The third-order valence-corrected chi connectivity index (χ3v) is 3.22. The van der Waals surface area contributed by atoms with Crippen LogP contribution in [-0.4, -0.2) is 0 Å². The van der Waals surface area contributed by atoms with Crippen LogP contribution in [-0.2, 0) is 6.61 Å². The molecule has 2 aromatic carbocycles. The highest BCUT2D eigenvalue weighted by Gasteiger charge is 2.05. The Morgan fingerprint density at radius 1 is 1.22 bits per heavy atom. The Bertz CT molecular complexity index is 577. The van der Waals surface area contributed by atoms with E-state index < -0.39 is 0 Å². The monoisotopic (exact) mass is 329 g/mol. The van der Waals surface area contributed by atoms with Crippen molar-refractivity contribution in [2.45, 2.75) is 6.61 Å². The van der Waals surface area contributed by atoms with Crippen molar-refractivity contribution in [2.75, 3.05) is 5.73 Å². The number of rotatable bonds is 3. The molecule has 2 N–H and O–H groups in total. The molecule has 2 aromatic rings. The van der Waals surface area contributed by atoms with Crippen LogP contribution in [0, 0.1) is 5.82 Å². The molecule has 0 fully saturated rings. The van der Waals surface area contributed by atoms with E-state index in [1.807, 2.05) is 6.07 Å². The largest absolute Gasteiger partial charge is 0.487 e. The molecule has 2 rings (SSSR count). The molecule has 0 aliphatic rings. The van der Waals surface area contributed by atoms with Gasteiger partial charge in [0.15, 0.2) is 0 Å². The first kappa shape index (κ1) is 13.2. The predicted molar refractivity (Wildman–Crippen MR) is 74.3 cm³/mol. The summed E-state index contributed by atoms with van der Waals surface area (Å²) in [6.45, 7) is 0.169. The van der Waals surface area contributed by atoms with Crippen molar-refractivity contribution in [3.8, 4) is 5.75 Å². The molecule has 0 aromatic heterocycles. The van der Waals surface area contributed by atoms with E-state index in [9.17, 15) is 4.39 Å². The molecule has 18 heavy (non-hydrogen) atoms.